The topological polar surface area (TPSA) is 26.0 Å². The quantitative estimate of drug-likeness (QED) is 0.512. The van der Waals surface area contributed by atoms with E-state index in [9.17, 15) is 0 Å². The van der Waals surface area contributed by atoms with Crippen molar-refractivity contribution in [2.24, 2.45) is 0 Å². The van der Waals surface area contributed by atoms with Crippen molar-refractivity contribution in [3.8, 4) is 0 Å². The summed E-state index contributed by atoms with van der Waals surface area (Å²) in [6, 6.07) is 17.0. The van der Waals surface area contributed by atoms with E-state index in [1.165, 1.54) is 27.1 Å². The fourth-order valence-electron chi connectivity index (χ4n) is 2.76. The maximum absolute atomic E-state index is 6.37. The van der Waals surface area contributed by atoms with Crippen LogP contribution in [0.4, 0.5) is 5.69 Å². The van der Waals surface area contributed by atoms with Crippen LogP contribution < -0.4 is 5.73 Å². The minimum Gasteiger partial charge on any atom is -0.398 e. The molecule has 0 heterocycles. The molecule has 3 rings (SSSR count). The Hall–Kier alpha value is -2.02. The summed E-state index contributed by atoms with van der Waals surface area (Å²) >= 11 is 0. The van der Waals surface area contributed by atoms with E-state index in [1.807, 2.05) is 0 Å². The predicted molar refractivity (Wildman–Crippen MR) is 79.9 cm³/mol. The zero-order valence-corrected chi connectivity index (χ0v) is 10.6. The minimum atomic E-state index is 0.950. The highest BCUT2D eigenvalue weighted by Gasteiger charge is 2.10. The molecule has 0 radical (unpaired) electrons. The Bertz CT molecular complexity index is 713. The van der Waals surface area contributed by atoms with Crippen LogP contribution in [0.2, 0.25) is 0 Å². The number of aryl methyl sites for hydroxylation is 1. The zero-order valence-electron chi connectivity index (χ0n) is 10.6. The van der Waals surface area contributed by atoms with Crippen LogP contribution in [0.15, 0.2) is 48.5 Å². The first-order valence-corrected chi connectivity index (χ1v) is 6.50. The fourth-order valence-corrected chi connectivity index (χ4v) is 2.76. The number of rotatable bonds is 2. The highest BCUT2D eigenvalue weighted by Crippen LogP contribution is 2.35. The molecule has 90 valence electrons. The van der Waals surface area contributed by atoms with Crippen molar-refractivity contribution in [3.63, 3.8) is 0 Å². The SMILES string of the molecule is CCCc1c(N)c2ccccc2c2ccccc12. The molecule has 0 aliphatic heterocycles. The van der Waals surface area contributed by atoms with Crippen molar-refractivity contribution < 1.29 is 0 Å². The first kappa shape index (κ1) is 11.1. The summed E-state index contributed by atoms with van der Waals surface area (Å²) in [5.74, 6) is 0. The van der Waals surface area contributed by atoms with Crippen LogP contribution in [-0.2, 0) is 6.42 Å². The Morgan fingerprint density at radius 3 is 1.89 bits per heavy atom. The lowest BCUT2D eigenvalue weighted by Gasteiger charge is -2.13. The zero-order chi connectivity index (χ0) is 12.5. The van der Waals surface area contributed by atoms with E-state index in [0.29, 0.717) is 0 Å². The van der Waals surface area contributed by atoms with Gasteiger partial charge in [0, 0.05) is 11.1 Å². The van der Waals surface area contributed by atoms with E-state index in [2.05, 4.69) is 55.5 Å². The average molecular weight is 235 g/mol. The van der Waals surface area contributed by atoms with Crippen molar-refractivity contribution in [2.45, 2.75) is 19.8 Å². The second-order valence-corrected chi connectivity index (χ2v) is 4.73. The van der Waals surface area contributed by atoms with Crippen LogP contribution in [-0.4, -0.2) is 0 Å². The molecule has 0 fully saturated rings. The van der Waals surface area contributed by atoms with Gasteiger partial charge in [-0.2, -0.15) is 0 Å². The van der Waals surface area contributed by atoms with Crippen LogP contribution in [0.1, 0.15) is 18.9 Å². The van der Waals surface area contributed by atoms with Gasteiger partial charge in [0.25, 0.3) is 0 Å². The second kappa shape index (κ2) is 4.34. The summed E-state index contributed by atoms with van der Waals surface area (Å²) < 4.78 is 0. The lowest BCUT2D eigenvalue weighted by atomic mass is 9.93. The van der Waals surface area contributed by atoms with E-state index in [1.54, 1.807) is 0 Å². The van der Waals surface area contributed by atoms with Gasteiger partial charge < -0.3 is 5.73 Å². The second-order valence-electron chi connectivity index (χ2n) is 4.73. The molecule has 0 amide bonds. The molecule has 0 spiro atoms. The number of hydrogen-bond donors (Lipinski definition) is 1. The van der Waals surface area contributed by atoms with E-state index >= 15 is 0 Å². The molecule has 2 N–H and O–H groups in total. The summed E-state index contributed by atoms with van der Waals surface area (Å²) in [4.78, 5) is 0. The summed E-state index contributed by atoms with van der Waals surface area (Å²) in [5, 5.41) is 5.05. The monoisotopic (exact) mass is 235 g/mol. The number of hydrogen-bond acceptors (Lipinski definition) is 1. The number of nitrogen functional groups attached to an aromatic ring is 1. The Morgan fingerprint density at radius 1 is 0.778 bits per heavy atom. The third kappa shape index (κ3) is 1.55. The van der Waals surface area contributed by atoms with Gasteiger partial charge in [-0.05, 0) is 28.1 Å². The Balaban J connectivity index is 2.53. The van der Waals surface area contributed by atoms with Crippen molar-refractivity contribution in [1.29, 1.82) is 0 Å². The molecule has 0 atom stereocenters. The molecule has 0 aliphatic carbocycles. The molecule has 0 bridgehead atoms. The molecule has 18 heavy (non-hydrogen) atoms. The van der Waals surface area contributed by atoms with Gasteiger partial charge in [-0.15, -0.1) is 0 Å². The van der Waals surface area contributed by atoms with E-state index in [4.69, 9.17) is 5.73 Å². The maximum atomic E-state index is 6.37. The average Bonchev–Trinajstić information content (AvgIpc) is 2.43. The van der Waals surface area contributed by atoms with Gasteiger partial charge in [0.2, 0.25) is 0 Å². The largest absolute Gasteiger partial charge is 0.398 e. The van der Waals surface area contributed by atoms with Crippen molar-refractivity contribution in [2.75, 3.05) is 5.73 Å². The van der Waals surface area contributed by atoms with E-state index < -0.39 is 0 Å². The van der Waals surface area contributed by atoms with Crippen molar-refractivity contribution >= 4 is 27.2 Å². The van der Waals surface area contributed by atoms with Crippen LogP contribution >= 0.6 is 0 Å². The van der Waals surface area contributed by atoms with Crippen LogP contribution in [0.25, 0.3) is 21.5 Å². The van der Waals surface area contributed by atoms with Crippen LogP contribution in [0.3, 0.4) is 0 Å². The van der Waals surface area contributed by atoms with Gasteiger partial charge in [-0.1, -0.05) is 61.9 Å². The van der Waals surface area contributed by atoms with Crippen LogP contribution in [0, 0.1) is 0 Å². The fraction of sp³-hybridized carbons (Fsp3) is 0.176. The third-order valence-corrected chi connectivity index (χ3v) is 3.58. The molecule has 0 unspecified atom stereocenters. The van der Waals surface area contributed by atoms with Crippen molar-refractivity contribution in [1.82, 2.24) is 0 Å². The lowest BCUT2D eigenvalue weighted by molar-refractivity contribution is 0.933. The van der Waals surface area contributed by atoms with Gasteiger partial charge in [0.1, 0.15) is 0 Å². The molecule has 3 aromatic rings. The summed E-state index contributed by atoms with van der Waals surface area (Å²) in [5.41, 5.74) is 8.62. The normalized spacial score (nSPS) is 11.2. The van der Waals surface area contributed by atoms with Gasteiger partial charge in [-0.3, -0.25) is 0 Å². The molecule has 1 heteroatoms. The molecule has 0 aliphatic rings. The number of nitrogens with two attached hydrogens (primary N) is 1. The maximum Gasteiger partial charge on any atom is 0.0432 e. The number of fused-ring (bicyclic) bond motifs is 3. The standard InChI is InChI=1S/C17H17N/c1-2-7-15-13-9-4-3-8-12(13)14-10-5-6-11-16(14)17(15)18/h3-6,8-11H,2,7,18H2,1H3. The summed E-state index contributed by atoms with van der Waals surface area (Å²) in [6.45, 7) is 2.20. The molecular formula is C17H17N. The predicted octanol–water partition coefficient (Wildman–Crippen LogP) is 4.53. The Kier molecular flexibility index (Phi) is 2.67. The highest BCUT2D eigenvalue weighted by molar-refractivity contribution is 6.14. The summed E-state index contributed by atoms with van der Waals surface area (Å²) in [7, 11) is 0. The van der Waals surface area contributed by atoms with Crippen molar-refractivity contribution in [3.05, 3.63) is 54.1 Å². The Morgan fingerprint density at radius 2 is 1.28 bits per heavy atom. The van der Waals surface area contributed by atoms with Gasteiger partial charge in [-0.25, -0.2) is 0 Å². The van der Waals surface area contributed by atoms with E-state index in [0.717, 1.165) is 18.5 Å². The molecule has 0 saturated carbocycles. The summed E-state index contributed by atoms with van der Waals surface area (Å²) in [6.07, 6.45) is 2.16. The number of benzene rings is 3. The first-order chi connectivity index (χ1) is 8.83. The first-order valence-electron chi connectivity index (χ1n) is 6.50. The van der Waals surface area contributed by atoms with Crippen LogP contribution in [0.5, 0.6) is 0 Å². The molecule has 0 saturated heterocycles. The van der Waals surface area contributed by atoms with Gasteiger partial charge in [0.05, 0.1) is 0 Å². The lowest BCUT2D eigenvalue weighted by Crippen LogP contribution is -1.97. The van der Waals surface area contributed by atoms with Gasteiger partial charge in [0.15, 0.2) is 0 Å². The minimum absolute atomic E-state index is 0.950. The molecule has 0 aromatic heterocycles. The molecule has 3 aromatic carbocycles. The van der Waals surface area contributed by atoms with Gasteiger partial charge >= 0.3 is 0 Å². The molecule has 1 nitrogen and oxygen atoms in total. The third-order valence-electron chi connectivity index (χ3n) is 3.58. The number of anilines is 1. The Labute approximate surface area is 107 Å². The van der Waals surface area contributed by atoms with E-state index in [-0.39, 0.29) is 0 Å². The highest BCUT2D eigenvalue weighted by atomic mass is 14.6. The molecular weight excluding hydrogens is 218 g/mol. The smallest absolute Gasteiger partial charge is 0.0432 e.